The third kappa shape index (κ3) is 4.06. The van der Waals surface area contributed by atoms with Gasteiger partial charge in [0.05, 0.1) is 11.8 Å². The largest absolute Gasteiger partial charge is 0.469 e. The predicted molar refractivity (Wildman–Crippen MR) is 95.3 cm³/mol. The highest BCUT2D eigenvalue weighted by molar-refractivity contribution is 5.95. The SMILES string of the molecule is Cc1occc1C(=O)N[C@@H]1CN(CCN2CCCC2=O)C[C@H]1C(C)C. The van der Waals surface area contributed by atoms with E-state index in [0.29, 0.717) is 29.6 Å². The zero-order chi connectivity index (χ0) is 18.0. The molecule has 2 saturated heterocycles. The van der Waals surface area contributed by atoms with Crippen LogP contribution in [0.5, 0.6) is 0 Å². The molecule has 3 rings (SSSR count). The highest BCUT2D eigenvalue weighted by Crippen LogP contribution is 2.25. The molecule has 0 radical (unpaired) electrons. The quantitative estimate of drug-likeness (QED) is 0.853. The number of hydrogen-bond acceptors (Lipinski definition) is 4. The molecule has 6 nitrogen and oxygen atoms in total. The number of rotatable bonds is 6. The van der Waals surface area contributed by atoms with Crippen molar-refractivity contribution in [3.8, 4) is 0 Å². The van der Waals surface area contributed by atoms with Crippen LogP contribution in [0.4, 0.5) is 0 Å². The van der Waals surface area contributed by atoms with Crippen molar-refractivity contribution >= 4 is 11.8 Å². The van der Waals surface area contributed by atoms with Gasteiger partial charge in [0, 0.05) is 45.2 Å². The Kier molecular flexibility index (Phi) is 5.47. The minimum Gasteiger partial charge on any atom is -0.469 e. The van der Waals surface area contributed by atoms with Crippen molar-refractivity contribution in [1.29, 1.82) is 0 Å². The van der Waals surface area contributed by atoms with Gasteiger partial charge in [-0.15, -0.1) is 0 Å². The molecule has 0 unspecified atom stereocenters. The third-order valence-corrected chi connectivity index (χ3v) is 5.57. The molecule has 2 fully saturated rings. The first kappa shape index (κ1) is 18.0. The topological polar surface area (TPSA) is 65.8 Å². The van der Waals surface area contributed by atoms with Gasteiger partial charge in [0.2, 0.25) is 5.91 Å². The zero-order valence-corrected chi connectivity index (χ0v) is 15.5. The summed E-state index contributed by atoms with van der Waals surface area (Å²) >= 11 is 0. The number of nitrogens with one attached hydrogen (secondary N) is 1. The van der Waals surface area contributed by atoms with Crippen LogP contribution in [0.3, 0.4) is 0 Å². The van der Waals surface area contributed by atoms with Crippen molar-refractivity contribution in [3.63, 3.8) is 0 Å². The molecule has 0 saturated carbocycles. The second kappa shape index (κ2) is 7.60. The monoisotopic (exact) mass is 347 g/mol. The van der Waals surface area contributed by atoms with Crippen LogP contribution in [0.2, 0.25) is 0 Å². The highest BCUT2D eigenvalue weighted by Gasteiger charge is 2.36. The first-order valence-electron chi connectivity index (χ1n) is 9.30. The summed E-state index contributed by atoms with van der Waals surface area (Å²) in [5.74, 6) is 1.79. The Morgan fingerprint density at radius 2 is 2.16 bits per heavy atom. The maximum Gasteiger partial charge on any atom is 0.255 e. The normalized spacial score (nSPS) is 24.5. The van der Waals surface area contributed by atoms with E-state index in [2.05, 4.69) is 24.1 Å². The lowest BCUT2D eigenvalue weighted by Gasteiger charge is -2.22. The van der Waals surface area contributed by atoms with E-state index in [9.17, 15) is 9.59 Å². The molecule has 2 atom stereocenters. The number of likely N-dealkylation sites (tertiary alicyclic amines) is 2. The second-order valence-electron chi connectivity index (χ2n) is 7.62. The molecule has 0 aromatic carbocycles. The fourth-order valence-electron chi connectivity index (χ4n) is 3.99. The lowest BCUT2D eigenvalue weighted by Crippen LogP contribution is -2.42. The summed E-state index contributed by atoms with van der Waals surface area (Å²) in [6.45, 7) is 10.6. The van der Waals surface area contributed by atoms with Crippen molar-refractivity contribution in [2.24, 2.45) is 11.8 Å². The minimum atomic E-state index is -0.0570. The van der Waals surface area contributed by atoms with Crippen molar-refractivity contribution in [2.75, 3.05) is 32.7 Å². The number of amides is 2. The number of carbonyl (C=O) groups is 2. The summed E-state index contributed by atoms with van der Waals surface area (Å²) in [5.41, 5.74) is 0.614. The Labute approximate surface area is 149 Å². The Hall–Kier alpha value is -1.82. The number of carbonyl (C=O) groups excluding carboxylic acids is 2. The van der Waals surface area contributed by atoms with Gasteiger partial charge in [0.1, 0.15) is 5.76 Å². The van der Waals surface area contributed by atoms with Crippen molar-refractivity contribution in [2.45, 2.75) is 39.7 Å². The van der Waals surface area contributed by atoms with Crippen LogP contribution in [0.1, 0.15) is 42.8 Å². The molecule has 1 aromatic rings. The molecule has 0 spiro atoms. The summed E-state index contributed by atoms with van der Waals surface area (Å²) in [4.78, 5) is 28.6. The molecule has 25 heavy (non-hydrogen) atoms. The van der Waals surface area contributed by atoms with E-state index >= 15 is 0 Å². The summed E-state index contributed by atoms with van der Waals surface area (Å²) in [7, 11) is 0. The molecule has 0 bridgehead atoms. The summed E-state index contributed by atoms with van der Waals surface area (Å²) in [6.07, 6.45) is 3.23. The minimum absolute atomic E-state index is 0.0570. The van der Waals surface area contributed by atoms with Gasteiger partial charge in [-0.25, -0.2) is 0 Å². The van der Waals surface area contributed by atoms with E-state index < -0.39 is 0 Å². The van der Waals surface area contributed by atoms with Gasteiger partial charge in [0.25, 0.3) is 5.91 Å². The van der Waals surface area contributed by atoms with Gasteiger partial charge in [0.15, 0.2) is 0 Å². The first-order valence-corrected chi connectivity index (χ1v) is 9.30. The van der Waals surface area contributed by atoms with Gasteiger partial charge in [-0.2, -0.15) is 0 Å². The van der Waals surface area contributed by atoms with Gasteiger partial charge in [-0.3, -0.25) is 14.5 Å². The smallest absolute Gasteiger partial charge is 0.255 e. The van der Waals surface area contributed by atoms with E-state index in [1.165, 1.54) is 0 Å². The molecule has 1 aromatic heterocycles. The van der Waals surface area contributed by atoms with Crippen molar-refractivity contribution in [1.82, 2.24) is 15.1 Å². The number of hydrogen-bond donors (Lipinski definition) is 1. The molecule has 2 amide bonds. The van der Waals surface area contributed by atoms with Crippen LogP contribution in [-0.4, -0.2) is 60.4 Å². The lowest BCUT2D eigenvalue weighted by atomic mass is 9.91. The zero-order valence-electron chi connectivity index (χ0n) is 15.5. The van der Waals surface area contributed by atoms with E-state index in [1.807, 2.05) is 11.8 Å². The Morgan fingerprint density at radius 1 is 1.36 bits per heavy atom. The average Bonchev–Trinajstić information content (AvgIpc) is 3.25. The molecule has 1 N–H and O–H groups in total. The van der Waals surface area contributed by atoms with E-state index in [0.717, 1.165) is 39.1 Å². The maximum absolute atomic E-state index is 12.5. The number of furan rings is 1. The fraction of sp³-hybridized carbons (Fsp3) is 0.684. The molecule has 2 aliphatic heterocycles. The predicted octanol–water partition coefficient (Wildman–Crippen LogP) is 1.90. The van der Waals surface area contributed by atoms with Crippen LogP contribution in [0.15, 0.2) is 16.7 Å². The van der Waals surface area contributed by atoms with Crippen LogP contribution in [0, 0.1) is 18.8 Å². The molecule has 0 aliphatic carbocycles. The molecular formula is C19H29N3O3. The number of nitrogens with zero attached hydrogens (tertiary/aromatic N) is 2. The summed E-state index contributed by atoms with van der Waals surface area (Å²) in [6, 6.07) is 1.86. The summed E-state index contributed by atoms with van der Waals surface area (Å²) < 4.78 is 5.24. The Morgan fingerprint density at radius 3 is 2.76 bits per heavy atom. The highest BCUT2D eigenvalue weighted by atomic mass is 16.3. The molecule has 138 valence electrons. The van der Waals surface area contributed by atoms with Gasteiger partial charge in [-0.05, 0) is 31.2 Å². The second-order valence-corrected chi connectivity index (χ2v) is 7.62. The average molecular weight is 347 g/mol. The maximum atomic E-state index is 12.5. The third-order valence-electron chi connectivity index (χ3n) is 5.57. The van der Waals surface area contributed by atoms with Gasteiger partial charge < -0.3 is 14.6 Å². The van der Waals surface area contributed by atoms with Crippen LogP contribution >= 0.6 is 0 Å². The van der Waals surface area contributed by atoms with Crippen molar-refractivity contribution in [3.05, 3.63) is 23.7 Å². The molecular weight excluding hydrogens is 318 g/mol. The van der Waals surface area contributed by atoms with Gasteiger partial charge >= 0.3 is 0 Å². The van der Waals surface area contributed by atoms with Crippen LogP contribution in [0.25, 0.3) is 0 Å². The van der Waals surface area contributed by atoms with E-state index in [4.69, 9.17) is 4.42 Å². The molecule has 3 heterocycles. The Bertz CT molecular complexity index is 625. The van der Waals surface area contributed by atoms with E-state index in [1.54, 1.807) is 12.3 Å². The van der Waals surface area contributed by atoms with E-state index in [-0.39, 0.29) is 17.9 Å². The molecule has 2 aliphatic rings. The lowest BCUT2D eigenvalue weighted by molar-refractivity contribution is -0.127. The van der Waals surface area contributed by atoms with Crippen molar-refractivity contribution < 1.29 is 14.0 Å². The van der Waals surface area contributed by atoms with Crippen LogP contribution in [-0.2, 0) is 4.79 Å². The summed E-state index contributed by atoms with van der Waals surface area (Å²) in [5, 5.41) is 3.20. The fourth-order valence-corrected chi connectivity index (χ4v) is 3.99. The standard InChI is InChI=1S/C19H29N3O3/c1-13(2)16-11-21(8-9-22-7-4-5-18(22)23)12-17(16)20-19(24)15-6-10-25-14(15)3/h6,10,13,16-17H,4-5,7-9,11-12H2,1-3H3,(H,20,24)/t16-,17+/m0/s1. The van der Waals surface area contributed by atoms with Crippen LogP contribution < -0.4 is 5.32 Å². The Balaban J connectivity index is 1.57. The number of aryl methyl sites for hydroxylation is 1. The molecule has 6 heteroatoms. The van der Waals surface area contributed by atoms with Gasteiger partial charge in [-0.1, -0.05) is 13.8 Å². The first-order chi connectivity index (χ1) is 12.0.